The monoisotopic (exact) mass is 326 g/mol. The number of benzene rings is 1. The van der Waals surface area contributed by atoms with Gasteiger partial charge in [-0.25, -0.2) is 5.53 Å². The molecule has 1 aliphatic rings. The number of amides is 2. The fraction of sp³-hybridized carbons (Fsp3) is 0.250. The highest BCUT2D eigenvalue weighted by Gasteiger charge is 2.21. The molecule has 0 aromatic heterocycles. The van der Waals surface area contributed by atoms with Crippen LogP contribution in [-0.2, 0) is 4.79 Å². The lowest BCUT2D eigenvalue weighted by Gasteiger charge is -2.16. The van der Waals surface area contributed by atoms with Crippen molar-refractivity contribution in [3.63, 3.8) is 0 Å². The minimum atomic E-state index is -0.477. The SMILES string of the molecule is COc1ccc(C(=O)NC2=NNNN2C)c(Cl)c1NC(C)=O. The molecule has 118 valence electrons. The van der Waals surface area contributed by atoms with Crippen LogP contribution < -0.4 is 26.4 Å². The minimum Gasteiger partial charge on any atom is -0.495 e. The van der Waals surface area contributed by atoms with Crippen LogP contribution in [0.1, 0.15) is 17.3 Å². The number of guanidine groups is 1. The Kier molecular flexibility index (Phi) is 4.68. The summed E-state index contributed by atoms with van der Waals surface area (Å²) in [5.41, 5.74) is 5.55. The second-order valence-corrected chi connectivity index (χ2v) is 4.74. The number of methoxy groups -OCH3 is 1. The number of ether oxygens (including phenoxy) is 1. The van der Waals surface area contributed by atoms with E-state index in [1.54, 1.807) is 13.1 Å². The van der Waals surface area contributed by atoms with Gasteiger partial charge in [0.2, 0.25) is 11.9 Å². The van der Waals surface area contributed by atoms with Gasteiger partial charge in [0.15, 0.2) is 0 Å². The van der Waals surface area contributed by atoms with Crippen molar-refractivity contribution < 1.29 is 14.3 Å². The zero-order valence-electron chi connectivity index (χ0n) is 12.2. The molecular formula is C12H15ClN6O3. The molecule has 10 heteroatoms. The lowest BCUT2D eigenvalue weighted by atomic mass is 10.1. The molecule has 0 bridgehead atoms. The summed E-state index contributed by atoms with van der Waals surface area (Å²) < 4.78 is 5.13. The highest BCUT2D eigenvalue weighted by molar-refractivity contribution is 6.37. The van der Waals surface area contributed by atoms with E-state index < -0.39 is 5.91 Å². The summed E-state index contributed by atoms with van der Waals surface area (Å²) in [7, 11) is 3.10. The van der Waals surface area contributed by atoms with E-state index in [2.05, 4.69) is 26.8 Å². The molecule has 0 radical (unpaired) electrons. The third-order valence-corrected chi connectivity index (χ3v) is 3.18. The van der Waals surface area contributed by atoms with Gasteiger partial charge in [-0.1, -0.05) is 11.6 Å². The van der Waals surface area contributed by atoms with Crippen LogP contribution in [0.3, 0.4) is 0 Å². The number of nitrogens with one attached hydrogen (secondary N) is 4. The smallest absolute Gasteiger partial charge is 0.259 e. The van der Waals surface area contributed by atoms with E-state index in [4.69, 9.17) is 16.3 Å². The Labute approximate surface area is 131 Å². The summed E-state index contributed by atoms with van der Waals surface area (Å²) in [5, 5.41) is 10.5. The molecule has 2 rings (SSSR count). The quantitative estimate of drug-likeness (QED) is 0.635. The first-order chi connectivity index (χ1) is 10.4. The van der Waals surface area contributed by atoms with Crippen LogP contribution in [0.5, 0.6) is 5.75 Å². The van der Waals surface area contributed by atoms with E-state index >= 15 is 0 Å². The van der Waals surface area contributed by atoms with E-state index in [1.165, 1.54) is 25.1 Å². The molecule has 0 saturated carbocycles. The van der Waals surface area contributed by atoms with E-state index in [0.717, 1.165) is 0 Å². The van der Waals surface area contributed by atoms with Crippen molar-refractivity contribution in [2.24, 2.45) is 5.10 Å². The van der Waals surface area contributed by atoms with Crippen LogP contribution in [0.25, 0.3) is 0 Å². The van der Waals surface area contributed by atoms with Crippen molar-refractivity contribution in [3.8, 4) is 5.75 Å². The number of nitrogens with zero attached hydrogens (tertiary/aromatic N) is 2. The summed E-state index contributed by atoms with van der Waals surface area (Å²) in [6.07, 6.45) is 0. The molecule has 1 aromatic carbocycles. The molecule has 0 saturated heterocycles. The zero-order valence-corrected chi connectivity index (χ0v) is 12.9. The maximum atomic E-state index is 12.3. The second-order valence-electron chi connectivity index (χ2n) is 4.36. The molecule has 2 amide bonds. The van der Waals surface area contributed by atoms with Crippen LogP contribution in [-0.4, -0.2) is 36.9 Å². The average Bonchev–Trinajstić information content (AvgIpc) is 2.85. The third-order valence-electron chi connectivity index (χ3n) is 2.79. The van der Waals surface area contributed by atoms with Crippen molar-refractivity contribution >= 4 is 35.1 Å². The Morgan fingerprint density at radius 2 is 2.09 bits per heavy atom. The molecule has 9 nitrogen and oxygen atoms in total. The molecule has 0 atom stereocenters. The molecule has 0 spiro atoms. The van der Waals surface area contributed by atoms with E-state index in [1.807, 2.05) is 0 Å². The number of rotatable bonds is 3. The normalized spacial score (nSPS) is 13.3. The van der Waals surface area contributed by atoms with Crippen LogP contribution in [0.2, 0.25) is 5.02 Å². The molecule has 1 aliphatic heterocycles. The molecular weight excluding hydrogens is 312 g/mol. The summed E-state index contributed by atoms with van der Waals surface area (Å²) in [5.74, 6) is -0.171. The average molecular weight is 327 g/mol. The fourth-order valence-corrected chi connectivity index (χ4v) is 2.05. The number of hydrazine groups is 2. The van der Waals surface area contributed by atoms with E-state index in [-0.39, 0.29) is 28.1 Å². The van der Waals surface area contributed by atoms with E-state index in [0.29, 0.717) is 5.75 Å². The highest BCUT2D eigenvalue weighted by atomic mass is 35.5. The van der Waals surface area contributed by atoms with Gasteiger partial charge < -0.3 is 10.1 Å². The number of carbonyl (C=O) groups is 2. The Balaban J connectivity index is 2.30. The van der Waals surface area contributed by atoms with Crippen molar-refractivity contribution in [1.82, 2.24) is 21.4 Å². The number of halogens is 1. The van der Waals surface area contributed by atoms with Gasteiger partial charge in [-0.15, -0.1) is 10.6 Å². The van der Waals surface area contributed by atoms with Crippen molar-refractivity contribution in [2.75, 3.05) is 19.5 Å². The van der Waals surface area contributed by atoms with Crippen LogP contribution in [0.15, 0.2) is 17.2 Å². The molecule has 22 heavy (non-hydrogen) atoms. The van der Waals surface area contributed by atoms with Gasteiger partial charge in [0.05, 0.1) is 17.7 Å². The molecule has 0 fully saturated rings. The number of hydrogen-bond donors (Lipinski definition) is 4. The molecule has 0 aliphatic carbocycles. The van der Waals surface area contributed by atoms with Gasteiger partial charge in [-0.3, -0.25) is 19.9 Å². The molecule has 4 N–H and O–H groups in total. The van der Waals surface area contributed by atoms with Gasteiger partial charge in [-0.05, 0) is 12.1 Å². The lowest BCUT2D eigenvalue weighted by molar-refractivity contribution is -0.114. The van der Waals surface area contributed by atoms with Gasteiger partial charge in [0, 0.05) is 14.0 Å². The standard InChI is InChI=1S/C12H15ClN6O3/c1-6(20)14-10-8(22-3)5-4-7(9(10)13)11(21)15-12-16-17-18-19(12)2/h4-5,17-18H,1-3H3,(H,14,20)(H,15,16,21). The topological polar surface area (TPSA) is 107 Å². The van der Waals surface area contributed by atoms with Crippen LogP contribution in [0, 0.1) is 0 Å². The highest BCUT2D eigenvalue weighted by Crippen LogP contribution is 2.35. The van der Waals surface area contributed by atoms with Gasteiger partial charge in [0.1, 0.15) is 11.4 Å². The maximum absolute atomic E-state index is 12.3. The van der Waals surface area contributed by atoms with Gasteiger partial charge in [0.25, 0.3) is 5.91 Å². The first kappa shape index (κ1) is 15.9. The summed E-state index contributed by atoms with van der Waals surface area (Å²) in [6.45, 7) is 1.34. The summed E-state index contributed by atoms with van der Waals surface area (Å²) in [6, 6.07) is 3.04. The van der Waals surface area contributed by atoms with Crippen molar-refractivity contribution in [2.45, 2.75) is 6.92 Å². The lowest BCUT2D eigenvalue weighted by Crippen LogP contribution is -2.45. The largest absolute Gasteiger partial charge is 0.495 e. The zero-order chi connectivity index (χ0) is 16.3. The minimum absolute atomic E-state index is 0.0780. The van der Waals surface area contributed by atoms with Crippen molar-refractivity contribution in [1.29, 1.82) is 0 Å². The number of carbonyl (C=O) groups excluding carboxylic acids is 2. The third kappa shape index (κ3) is 3.21. The fourth-order valence-electron chi connectivity index (χ4n) is 1.76. The molecule has 0 unspecified atom stereocenters. The summed E-state index contributed by atoms with van der Waals surface area (Å²) in [4.78, 5) is 23.6. The molecule has 1 heterocycles. The number of hydrogen-bond acceptors (Lipinski definition) is 7. The predicted octanol–water partition coefficient (Wildman–Crippen LogP) is 0.262. The Morgan fingerprint density at radius 1 is 1.36 bits per heavy atom. The van der Waals surface area contributed by atoms with Gasteiger partial charge in [-0.2, -0.15) is 0 Å². The second kappa shape index (κ2) is 6.50. The number of hydrazone groups is 1. The first-order valence-electron chi connectivity index (χ1n) is 6.21. The Morgan fingerprint density at radius 3 is 2.64 bits per heavy atom. The Bertz CT molecular complexity index is 648. The maximum Gasteiger partial charge on any atom is 0.259 e. The van der Waals surface area contributed by atoms with Crippen LogP contribution >= 0.6 is 11.6 Å². The van der Waals surface area contributed by atoms with E-state index in [9.17, 15) is 9.59 Å². The van der Waals surface area contributed by atoms with Crippen molar-refractivity contribution in [3.05, 3.63) is 22.7 Å². The summed E-state index contributed by atoms with van der Waals surface area (Å²) >= 11 is 6.21. The Hall–Kier alpha value is -2.52. The predicted molar refractivity (Wildman–Crippen MR) is 81.2 cm³/mol. The first-order valence-corrected chi connectivity index (χ1v) is 6.59. The molecule has 1 aromatic rings. The number of anilines is 1. The van der Waals surface area contributed by atoms with Crippen LogP contribution in [0.4, 0.5) is 5.69 Å². The van der Waals surface area contributed by atoms with Gasteiger partial charge >= 0.3 is 0 Å².